The van der Waals surface area contributed by atoms with Gasteiger partial charge in [-0.15, -0.1) is 0 Å². The molecular weight excluding hydrogens is 209 g/mol. The molecule has 2 aromatic rings. The fourth-order valence-electron chi connectivity index (χ4n) is 1.63. The second-order valence-electron chi connectivity index (χ2n) is 4.40. The van der Waals surface area contributed by atoms with Gasteiger partial charge in [0.2, 0.25) is 0 Å². The van der Waals surface area contributed by atoms with Crippen LogP contribution in [0.15, 0.2) is 48.5 Å². The number of hydrogen-bond donors (Lipinski definition) is 1. The van der Waals surface area contributed by atoms with Crippen LogP contribution >= 0.6 is 0 Å². The van der Waals surface area contributed by atoms with Gasteiger partial charge in [-0.05, 0) is 24.3 Å². The van der Waals surface area contributed by atoms with Crippen LogP contribution in [0.2, 0.25) is 13.6 Å². The highest BCUT2D eigenvalue weighted by molar-refractivity contribution is 6.70. The van der Waals surface area contributed by atoms with Gasteiger partial charge in [0.1, 0.15) is 11.5 Å². The molecule has 0 radical (unpaired) electrons. The van der Waals surface area contributed by atoms with E-state index in [9.17, 15) is 0 Å². The Hall–Kier alpha value is -1.90. The third-order valence-electron chi connectivity index (χ3n) is 2.64. The fourth-order valence-corrected chi connectivity index (χ4v) is 1.63. The van der Waals surface area contributed by atoms with Crippen LogP contribution in [-0.2, 0) is 0 Å². The minimum atomic E-state index is 0.538. The van der Waals surface area contributed by atoms with Crippen LogP contribution < -0.4 is 15.9 Å². The van der Waals surface area contributed by atoms with Gasteiger partial charge in [-0.3, -0.25) is 0 Å². The van der Waals surface area contributed by atoms with Crippen molar-refractivity contribution in [3.63, 3.8) is 0 Å². The third-order valence-corrected chi connectivity index (χ3v) is 2.64. The first-order chi connectivity index (χ1) is 8.15. The van der Waals surface area contributed by atoms with E-state index in [4.69, 9.17) is 10.5 Å². The smallest absolute Gasteiger partial charge is 0.169 e. The number of hydrogen-bond acceptors (Lipinski definition) is 2. The quantitative estimate of drug-likeness (QED) is 0.643. The normalized spacial score (nSPS) is 10.0. The lowest BCUT2D eigenvalue weighted by atomic mass is 9.49. The van der Waals surface area contributed by atoms with Gasteiger partial charge >= 0.3 is 0 Å². The van der Waals surface area contributed by atoms with Crippen molar-refractivity contribution < 1.29 is 4.74 Å². The maximum Gasteiger partial charge on any atom is 0.169 e. The van der Waals surface area contributed by atoms with Crippen LogP contribution in [0.1, 0.15) is 0 Å². The summed E-state index contributed by atoms with van der Waals surface area (Å²) in [5.74, 6) is 1.60. The molecule has 0 atom stereocenters. The first-order valence-electron chi connectivity index (χ1n) is 5.78. The fraction of sp³-hybridized carbons (Fsp3) is 0.143. The molecular formula is C14H16BNO. The van der Waals surface area contributed by atoms with Crippen LogP contribution in [0.3, 0.4) is 0 Å². The molecule has 0 saturated carbocycles. The van der Waals surface area contributed by atoms with Gasteiger partial charge in [-0.1, -0.05) is 37.3 Å². The number of benzene rings is 2. The van der Waals surface area contributed by atoms with Gasteiger partial charge in [0.05, 0.1) is 0 Å². The average molecular weight is 225 g/mol. The van der Waals surface area contributed by atoms with Crippen LogP contribution in [0.25, 0.3) is 0 Å². The number of rotatable bonds is 3. The second kappa shape index (κ2) is 4.96. The van der Waals surface area contributed by atoms with E-state index < -0.39 is 0 Å². The largest absolute Gasteiger partial charge is 0.457 e. The van der Waals surface area contributed by atoms with Crippen molar-refractivity contribution in [2.75, 3.05) is 5.73 Å². The molecule has 0 spiro atoms. The van der Waals surface area contributed by atoms with Crippen LogP contribution in [0.5, 0.6) is 11.5 Å². The summed E-state index contributed by atoms with van der Waals surface area (Å²) in [5.41, 5.74) is 7.72. The number of ether oxygens (including phenoxy) is 1. The molecule has 0 aromatic heterocycles. The molecule has 2 rings (SSSR count). The monoisotopic (exact) mass is 225 g/mol. The number of nitrogens with two attached hydrogens (primary N) is 1. The lowest BCUT2D eigenvalue weighted by Gasteiger charge is -2.08. The summed E-state index contributed by atoms with van der Waals surface area (Å²) < 4.78 is 5.71. The van der Waals surface area contributed by atoms with Crippen LogP contribution in [-0.4, -0.2) is 6.71 Å². The van der Waals surface area contributed by atoms with E-state index in [-0.39, 0.29) is 0 Å². The van der Waals surface area contributed by atoms with Gasteiger partial charge in [0, 0.05) is 11.8 Å². The predicted octanol–water partition coefficient (Wildman–Crippen LogP) is 3.02. The number of anilines is 1. The molecule has 0 unspecified atom stereocenters. The highest BCUT2D eigenvalue weighted by Gasteiger charge is 2.03. The minimum Gasteiger partial charge on any atom is -0.457 e. The molecule has 2 nitrogen and oxygen atoms in total. The molecule has 0 amide bonds. The van der Waals surface area contributed by atoms with E-state index in [0.29, 0.717) is 12.4 Å². The number of nitrogen functional groups attached to an aromatic ring is 1. The van der Waals surface area contributed by atoms with Crippen LogP contribution in [0, 0.1) is 0 Å². The Balaban J connectivity index is 2.14. The summed E-state index contributed by atoms with van der Waals surface area (Å²) in [4.78, 5) is 0. The Morgan fingerprint density at radius 3 is 2.24 bits per heavy atom. The van der Waals surface area contributed by atoms with Crippen LogP contribution in [0.4, 0.5) is 5.69 Å². The van der Waals surface area contributed by atoms with Crippen molar-refractivity contribution in [3.8, 4) is 11.5 Å². The molecule has 2 aromatic carbocycles. The lowest BCUT2D eigenvalue weighted by molar-refractivity contribution is 0.483. The lowest BCUT2D eigenvalue weighted by Crippen LogP contribution is -2.21. The standard InChI is InChI=1S/C14H16BNO/c1-15(2)11-6-8-13(9-7-11)17-14-5-3-4-12(16)10-14/h3-10H,16H2,1-2H3. The van der Waals surface area contributed by atoms with E-state index in [2.05, 4.69) is 25.8 Å². The summed E-state index contributed by atoms with van der Waals surface area (Å²) in [6.45, 7) is 4.89. The molecule has 0 bridgehead atoms. The van der Waals surface area contributed by atoms with Crippen molar-refractivity contribution in [3.05, 3.63) is 48.5 Å². The van der Waals surface area contributed by atoms with E-state index in [1.807, 2.05) is 36.4 Å². The van der Waals surface area contributed by atoms with E-state index in [1.54, 1.807) is 0 Å². The van der Waals surface area contributed by atoms with Gasteiger partial charge in [0.15, 0.2) is 6.71 Å². The van der Waals surface area contributed by atoms with E-state index in [0.717, 1.165) is 11.5 Å². The molecule has 0 aliphatic rings. The van der Waals surface area contributed by atoms with E-state index in [1.165, 1.54) is 5.46 Å². The minimum absolute atomic E-state index is 0.538. The zero-order chi connectivity index (χ0) is 12.3. The molecule has 17 heavy (non-hydrogen) atoms. The SMILES string of the molecule is CB(C)c1ccc(Oc2cccc(N)c2)cc1. The van der Waals surface area contributed by atoms with Gasteiger partial charge in [0.25, 0.3) is 0 Å². The Bertz CT molecular complexity index is 494. The molecule has 0 aliphatic carbocycles. The van der Waals surface area contributed by atoms with Gasteiger partial charge in [-0.25, -0.2) is 0 Å². The highest BCUT2D eigenvalue weighted by atomic mass is 16.5. The molecule has 0 saturated heterocycles. The maximum atomic E-state index is 5.71. The maximum absolute atomic E-state index is 5.71. The molecule has 86 valence electrons. The van der Waals surface area contributed by atoms with Crippen molar-refractivity contribution in [1.82, 2.24) is 0 Å². The Morgan fingerprint density at radius 1 is 0.941 bits per heavy atom. The first kappa shape index (κ1) is 11.6. The third kappa shape index (κ3) is 3.03. The average Bonchev–Trinajstić information content (AvgIpc) is 2.29. The summed E-state index contributed by atoms with van der Waals surface area (Å²) in [7, 11) is 0. The molecule has 0 fully saturated rings. The molecule has 3 heteroatoms. The van der Waals surface area contributed by atoms with E-state index >= 15 is 0 Å². The Labute approximate surface area is 102 Å². The van der Waals surface area contributed by atoms with Crippen molar-refractivity contribution >= 4 is 17.9 Å². The van der Waals surface area contributed by atoms with Crippen molar-refractivity contribution in [1.29, 1.82) is 0 Å². The Kier molecular flexibility index (Phi) is 3.38. The summed E-state index contributed by atoms with van der Waals surface area (Å²) >= 11 is 0. The first-order valence-corrected chi connectivity index (χ1v) is 5.78. The summed E-state index contributed by atoms with van der Waals surface area (Å²) in [6.07, 6.45) is 0. The topological polar surface area (TPSA) is 35.2 Å². The summed E-state index contributed by atoms with van der Waals surface area (Å²) in [5, 5.41) is 0. The van der Waals surface area contributed by atoms with Crippen molar-refractivity contribution in [2.45, 2.75) is 13.6 Å². The van der Waals surface area contributed by atoms with Crippen molar-refractivity contribution in [2.24, 2.45) is 0 Å². The Morgan fingerprint density at radius 2 is 1.65 bits per heavy atom. The van der Waals surface area contributed by atoms with Gasteiger partial charge < -0.3 is 10.5 Å². The molecule has 0 aliphatic heterocycles. The highest BCUT2D eigenvalue weighted by Crippen LogP contribution is 2.22. The predicted molar refractivity (Wildman–Crippen MR) is 74.5 cm³/mol. The zero-order valence-corrected chi connectivity index (χ0v) is 10.2. The molecule has 0 heterocycles. The summed E-state index contributed by atoms with van der Waals surface area (Å²) in [6, 6.07) is 15.6. The second-order valence-corrected chi connectivity index (χ2v) is 4.40. The zero-order valence-electron chi connectivity index (χ0n) is 10.2. The molecule has 2 N–H and O–H groups in total. The van der Waals surface area contributed by atoms with Gasteiger partial charge in [-0.2, -0.15) is 0 Å².